The van der Waals surface area contributed by atoms with Gasteiger partial charge in [-0.3, -0.25) is 4.79 Å². The van der Waals surface area contributed by atoms with E-state index in [1.54, 1.807) is 0 Å². The van der Waals surface area contributed by atoms with E-state index in [4.69, 9.17) is 4.74 Å². The molecule has 2 aliphatic carbocycles. The van der Waals surface area contributed by atoms with Crippen LogP contribution in [-0.2, 0) is 17.6 Å². The van der Waals surface area contributed by atoms with Crippen LogP contribution in [0.15, 0.2) is 18.2 Å². The van der Waals surface area contributed by atoms with Crippen molar-refractivity contribution in [2.75, 3.05) is 0 Å². The molecule has 0 aliphatic heterocycles. The van der Waals surface area contributed by atoms with Gasteiger partial charge in [0.15, 0.2) is 6.10 Å². The number of carbonyl (C=O) groups is 1. The third-order valence-corrected chi connectivity index (χ3v) is 3.95. The van der Waals surface area contributed by atoms with Gasteiger partial charge in [-0.25, -0.2) is 0 Å². The molecule has 0 radical (unpaired) electrons. The summed E-state index contributed by atoms with van der Waals surface area (Å²) in [7, 11) is 0. The number of nitrogens with one attached hydrogen (secondary N) is 1. The molecule has 0 aromatic heterocycles. The molecular formula is C16H21NO2. The molecule has 3 rings (SSSR count). The predicted molar refractivity (Wildman–Crippen MR) is 74.3 cm³/mol. The van der Waals surface area contributed by atoms with Crippen molar-refractivity contribution in [1.82, 2.24) is 5.32 Å². The molecule has 1 N–H and O–H groups in total. The van der Waals surface area contributed by atoms with E-state index in [2.05, 4.69) is 11.4 Å². The summed E-state index contributed by atoms with van der Waals surface area (Å²) in [5.41, 5.74) is 2.69. The van der Waals surface area contributed by atoms with Gasteiger partial charge in [-0.15, -0.1) is 0 Å². The average molecular weight is 259 g/mol. The largest absolute Gasteiger partial charge is 0.481 e. The Morgan fingerprint density at radius 1 is 1.32 bits per heavy atom. The fourth-order valence-electron chi connectivity index (χ4n) is 2.65. The van der Waals surface area contributed by atoms with Crippen molar-refractivity contribution in [3.63, 3.8) is 0 Å². The fraction of sp³-hybridized carbons (Fsp3) is 0.562. The third-order valence-electron chi connectivity index (χ3n) is 3.95. The average Bonchev–Trinajstić information content (AvgIpc) is 3.23. The third kappa shape index (κ3) is 2.91. The van der Waals surface area contributed by atoms with Crippen LogP contribution in [0, 0.1) is 0 Å². The molecule has 1 aromatic carbocycles. The van der Waals surface area contributed by atoms with Gasteiger partial charge in [-0.2, -0.15) is 0 Å². The van der Waals surface area contributed by atoms with Crippen molar-refractivity contribution in [3.8, 4) is 5.75 Å². The normalized spacial score (nSPS) is 19.4. The van der Waals surface area contributed by atoms with E-state index in [0.29, 0.717) is 6.04 Å². The second kappa shape index (κ2) is 5.24. The molecule has 1 atom stereocenters. The van der Waals surface area contributed by atoms with Gasteiger partial charge in [0.1, 0.15) is 5.75 Å². The summed E-state index contributed by atoms with van der Waals surface area (Å²) < 4.78 is 5.89. The fourth-order valence-corrected chi connectivity index (χ4v) is 2.65. The van der Waals surface area contributed by atoms with E-state index in [1.165, 1.54) is 24.0 Å². The van der Waals surface area contributed by atoms with Crippen LogP contribution in [-0.4, -0.2) is 18.1 Å². The maximum atomic E-state index is 11.9. The Balaban J connectivity index is 1.69. The molecule has 3 nitrogen and oxygen atoms in total. The lowest BCUT2D eigenvalue weighted by Gasteiger charge is -2.22. The first-order valence-electron chi connectivity index (χ1n) is 7.32. The summed E-state index contributed by atoms with van der Waals surface area (Å²) in [4.78, 5) is 11.9. The van der Waals surface area contributed by atoms with Gasteiger partial charge in [-0.1, -0.05) is 12.1 Å². The molecule has 1 fully saturated rings. The molecule has 0 saturated heterocycles. The molecular weight excluding hydrogens is 238 g/mol. The molecule has 1 amide bonds. The SMILES string of the molecule is C[C@@H](Oc1cccc2c1CCCC2)C(=O)NC1CC1. The lowest BCUT2D eigenvalue weighted by Crippen LogP contribution is -2.37. The molecule has 1 aromatic rings. The number of ether oxygens (including phenoxy) is 1. The van der Waals surface area contributed by atoms with Crippen LogP contribution in [0.4, 0.5) is 0 Å². The van der Waals surface area contributed by atoms with E-state index in [9.17, 15) is 4.79 Å². The second-order valence-corrected chi connectivity index (χ2v) is 5.64. The highest BCUT2D eigenvalue weighted by molar-refractivity contribution is 5.81. The number of carbonyl (C=O) groups excluding carboxylic acids is 1. The molecule has 102 valence electrons. The number of fused-ring (bicyclic) bond motifs is 1. The standard InChI is InChI=1S/C16H21NO2/c1-11(16(18)17-13-9-10-13)19-15-8-4-6-12-5-2-3-7-14(12)15/h4,6,8,11,13H,2-3,5,7,9-10H2,1H3,(H,17,18)/t11-/m1/s1. The van der Waals surface area contributed by atoms with Gasteiger partial charge < -0.3 is 10.1 Å². The first-order valence-corrected chi connectivity index (χ1v) is 7.32. The second-order valence-electron chi connectivity index (χ2n) is 5.64. The number of amides is 1. The Hall–Kier alpha value is -1.51. The Bertz CT molecular complexity index is 480. The van der Waals surface area contributed by atoms with Gasteiger partial charge >= 0.3 is 0 Å². The lowest BCUT2D eigenvalue weighted by molar-refractivity contribution is -0.127. The van der Waals surface area contributed by atoms with Gasteiger partial charge in [0.2, 0.25) is 0 Å². The topological polar surface area (TPSA) is 38.3 Å². The van der Waals surface area contributed by atoms with Crippen molar-refractivity contribution in [2.45, 2.75) is 57.6 Å². The summed E-state index contributed by atoms with van der Waals surface area (Å²) in [5, 5.41) is 2.99. The van der Waals surface area contributed by atoms with E-state index < -0.39 is 6.10 Å². The molecule has 0 heterocycles. The Kier molecular flexibility index (Phi) is 3.45. The van der Waals surface area contributed by atoms with Crippen molar-refractivity contribution >= 4 is 5.91 Å². The Labute approximate surface area is 114 Å². The Morgan fingerprint density at radius 3 is 2.89 bits per heavy atom. The van der Waals surface area contributed by atoms with E-state index in [-0.39, 0.29) is 5.91 Å². The zero-order valence-electron chi connectivity index (χ0n) is 11.4. The molecule has 2 aliphatic rings. The first kappa shape index (κ1) is 12.5. The summed E-state index contributed by atoms with van der Waals surface area (Å²) in [5.74, 6) is 0.909. The van der Waals surface area contributed by atoms with Gasteiger partial charge in [0, 0.05) is 6.04 Å². The summed E-state index contributed by atoms with van der Waals surface area (Å²) in [6, 6.07) is 6.59. The number of aryl methyl sites for hydroxylation is 1. The van der Waals surface area contributed by atoms with Gasteiger partial charge in [-0.05, 0) is 62.6 Å². The number of benzene rings is 1. The molecule has 0 spiro atoms. The van der Waals surface area contributed by atoms with Crippen molar-refractivity contribution in [2.24, 2.45) is 0 Å². The van der Waals surface area contributed by atoms with Crippen LogP contribution in [0.5, 0.6) is 5.75 Å². The molecule has 0 bridgehead atoms. The van der Waals surface area contributed by atoms with E-state index in [1.807, 2.05) is 19.1 Å². The van der Waals surface area contributed by atoms with Crippen molar-refractivity contribution < 1.29 is 9.53 Å². The predicted octanol–water partition coefficient (Wildman–Crippen LogP) is 2.61. The van der Waals surface area contributed by atoms with Crippen LogP contribution < -0.4 is 10.1 Å². The quantitative estimate of drug-likeness (QED) is 0.902. The Morgan fingerprint density at radius 2 is 2.11 bits per heavy atom. The van der Waals surface area contributed by atoms with Crippen molar-refractivity contribution in [1.29, 1.82) is 0 Å². The monoisotopic (exact) mass is 259 g/mol. The van der Waals surface area contributed by atoms with E-state index >= 15 is 0 Å². The van der Waals surface area contributed by atoms with Crippen LogP contribution in [0.3, 0.4) is 0 Å². The minimum absolute atomic E-state index is 0.0101. The first-order chi connectivity index (χ1) is 9.24. The van der Waals surface area contributed by atoms with E-state index in [0.717, 1.165) is 31.4 Å². The smallest absolute Gasteiger partial charge is 0.260 e. The maximum Gasteiger partial charge on any atom is 0.260 e. The summed E-state index contributed by atoms with van der Waals surface area (Å²) in [6.45, 7) is 1.83. The van der Waals surface area contributed by atoms with Gasteiger partial charge in [0.05, 0.1) is 0 Å². The van der Waals surface area contributed by atoms with Crippen LogP contribution in [0.1, 0.15) is 43.7 Å². The van der Waals surface area contributed by atoms with Gasteiger partial charge in [0.25, 0.3) is 5.91 Å². The minimum atomic E-state index is -0.408. The lowest BCUT2D eigenvalue weighted by atomic mass is 9.91. The van der Waals surface area contributed by atoms with Crippen LogP contribution >= 0.6 is 0 Å². The number of hydrogen-bond donors (Lipinski definition) is 1. The maximum absolute atomic E-state index is 11.9. The highest BCUT2D eigenvalue weighted by atomic mass is 16.5. The highest BCUT2D eigenvalue weighted by Gasteiger charge is 2.27. The zero-order chi connectivity index (χ0) is 13.2. The molecule has 19 heavy (non-hydrogen) atoms. The van der Waals surface area contributed by atoms with Crippen molar-refractivity contribution in [3.05, 3.63) is 29.3 Å². The molecule has 3 heteroatoms. The molecule has 1 saturated carbocycles. The highest BCUT2D eigenvalue weighted by Crippen LogP contribution is 2.30. The number of rotatable bonds is 4. The van der Waals surface area contributed by atoms with Crippen LogP contribution in [0.25, 0.3) is 0 Å². The van der Waals surface area contributed by atoms with Crippen LogP contribution in [0.2, 0.25) is 0 Å². The summed E-state index contributed by atoms with van der Waals surface area (Å²) >= 11 is 0. The summed E-state index contributed by atoms with van der Waals surface area (Å²) in [6.07, 6.45) is 6.49. The minimum Gasteiger partial charge on any atom is -0.481 e. The molecule has 0 unspecified atom stereocenters. The zero-order valence-corrected chi connectivity index (χ0v) is 11.4. The number of hydrogen-bond acceptors (Lipinski definition) is 2.